The molecule has 8 nitrogen and oxygen atoms in total. The molecule has 1 aromatic heterocycles. The number of nitrogens with zero attached hydrogens (tertiary/aromatic N) is 2. The Morgan fingerprint density at radius 3 is 2.58 bits per heavy atom. The maximum absolute atomic E-state index is 13.7. The van der Waals surface area contributed by atoms with Crippen LogP contribution in [0, 0.1) is 0 Å². The normalized spacial score (nSPS) is 15.1. The van der Waals surface area contributed by atoms with Crippen molar-refractivity contribution in [2.24, 2.45) is 0 Å². The number of benzene rings is 3. The Kier molecular flexibility index (Phi) is 9.41. The molecule has 4 aromatic rings. The van der Waals surface area contributed by atoms with Gasteiger partial charge in [-0.05, 0) is 60.9 Å². The van der Waals surface area contributed by atoms with Gasteiger partial charge in [0.05, 0.1) is 42.2 Å². The Balaban J connectivity index is 1.58. The summed E-state index contributed by atoms with van der Waals surface area (Å²) in [5.74, 6) is -0.0630. The minimum atomic E-state index is -0.948. The van der Waals surface area contributed by atoms with Gasteiger partial charge in [-0.1, -0.05) is 73.6 Å². The van der Waals surface area contributed by atoms with E-state index < -0.39 is 23.5 Å². The zero-order valence-electron chi connectivity index (χ0n) is 24.4. The van der Waals surface area contributed by atoms with E-state index in [-0.39, 0.29) is 5.57 Å². The number of carbonyl (C=O) groups is 2. The molecule has 0 fully saturated rings. The van der Waals surface area contributed by atoms with Gasteiger partial charge in [-0.2, -0.15) is 0 Å². The molecule has 222 valence electrons. The molecule has 0 spiro atoms. The SMILES string of the molecule is CCCCCOc1ccc(C2C(C(=O)C=Cc3ccccc3)=C(O)C(=O)N2c2nc3ccc(OC)cc3s2)cc1OCC. The molecule has 0 saturated carbocycles. The zero-order valence-corrected chi connectivity index (χ0v) is 25.2. The van der Waals surface area contributed by atoms with Crippen molar-refractivity contribution in [3.05, 3.63) is 95.3 Å². The summed E-state index contributed by atoms with van der Waals surface area (Å²) >= 11 is 1.28. The lowest BCUT2D eigenvalue weighted by Gasteiger charge is -2.25. The molecule has 1 atom stereocenters. The Bertz CT molecular complexity index is 1680. The van der Waals surface area contributed by atoms with E-state index in [1.165, 1.54) is 22.3 Å². The summed E-state index contributed by atoms with van der Waals surface area (Å²) in [5, 5.41) is 11.5. The van der Waals surface area contributed by atoms with Gasteiger partial charge in [0.2, 0.25) is 0 Å². The van der Waals surface area contributed by atoms with E-state index in [1.807, 2.05) is 49.4 Å². The van der Waals surface area contributed by atoms with Crippen LogP contribution in [0.2, 0.25) is 0 Å². The van der Waals surface area contributed by atoms with Crippen molar-refractivity contribution in [2.45, 2.75) is 39.2 Å². The number of anilines is 1. The molecule has 5 rings (SSSR count). The third-order valence-corrected chi connectivity index (χ3v) is 8.10. The molecule has 0 bridgehead atoms. The number of aliphatic hydroxyl groups is 1. The fraction of sp³-hybridized carbons (Fsp3) is 0.265. The maximum Gasteiger partial charge on any atom is 0.296 e. The second-order valence-electron chi connectivity index (χ2n) is 9.97. The number of carbonyl (C=O) groups excluding carboxylic acids is 2. The first-order valence-electron chi connectivity index (χ1n) is 14.3. The summed E-state index contributed by atoms with van der Waals surface area (Å²) < 4.78 is 18.1. The van der Waals surface area contributed by atoms with Crippen molar-refractivity contribution < 1.29 is 28.9 Å². The van der Waals surface area contributed by atoms with Crippen molar-refractivity contribution in [3.8, 4) is 17.2 Å². The zero-order chi connectivity index (χ0) is 30.3. The van der Waals surface area contributed by atoms with Crippen LogP contribution < -0.4 is 19.1 Å². The number of allylic oxidation sites excluding steroid dienone is 1. The van der Waals surface area contributed by atoms with Crippen LogP contribution in [-0.2, 0) is 9.59 Å². The average molecular weight is 599 g/mol. The number of hydrogen-bond acceptors (Lipinski definition) is 8. The number of rotatable bonds is 13. The summed E-state index contributed by atoms with van der Waals surface area (Å²) in [6, 6.07) is 19.2. The number of ether oxygens (including phenoxy) is 3. The number of aliphatic hydroxyl groups excluding tert-OH is 1. The third-order valence-electron chi connectivity index (χ3n) is 7.08. The van der Waals surface area contributed by atoms with E-state index >= 15 is 0 Å². The fourth-order valence-electron chi connectivity index (χ4n) is 4.93. The van der Waals surface area contributed by atoms with Crippen LogP contribution in [0.5, 0.6) is 17.2 Å². The van der Waals surface area contributed by atoms with E-state index in [2.05, 4.69) is 6.92 Å². The number of thiazole rings is 1. The van der Waals surface area contributed by atoms with Gasteiger partial charge in [0.25, 0.3) is 5.91 Å². The number of ketones is 1. The second kappa shape index (κ2) is 13.6. The smallest absolute Gasteiger partial charge is 0.296 e. The number of fused-ring (bicyclic) bond motifs is 1. The van der Waals surface area contributed by atoms with Crippen molar-refractivity contribution in [1.29, 1.82) is 0 Å². The van der Waals surface area contributed by atoms with E-state index in [0.29, 0.717) is 46.7 Å². The molecule has 1 N–H and O–H groups in total. The lowest BCUT2D eigenvalue weighted by molar-refractivity contribution is -0.117. The number of hydrogen-bond donors (Lipinski definition) is 1. The molecule has 1 amide bonds. The lowest BCUT2D eigenvalue weighted by Crippen LogP contribution is -2.30. The van der Waals surface area contributed by atoms with Gasteiger partial charge in [-0.3, -0.25) is 14.5 Å². The van der Waals surface area contributed by atoms with Gasteiger partial charge in [0.15, 0.2) is 28.2 Å². The van der Waals surface area contributed by atoms with Crippen LogP contribution in [0.3, 0.4) is 0 Å². The first kappa shape index (κ1) is 29.8. The van der Waals surface area contributed by atoms with Crippen molar-refractivity contribution in [3.63, 3.8) is 0 Å². The maximum atomic E-state index is 13.7. The van der Waals surface area contributed by atoms with Crippen LogP contribution >= 0.6 is 11.3 Å². The van der Waals surface area contributed by atoms with Crippen LogP contribution in [0.1, 0.15) is 50.3 Å². The fourth-order valence-corrected chi connectivity index (χ4v) is 5.96. The van der Waals surface area contributed by atoms with Gasteiger partial charge in [0.1, 0.15) is 5.75 Å². The monoisotopic (exact) mass is 598 g/mol. The Morgan fingerprint density at radius 2 is 1.84 bits per heavy atom. The van der Waals surface area contributed by atoms with Crippen molar-refractivity contribution >= 4 is 44.5 Å². The quantitative estimate of drug-likeness (QED) is 0.126. The first-order chi connectivity index (χ1) is 20.9. The summed E-state index contributed by atoms with van der Waals surface area (Å²) in [6.45, 7) is 4.96. The van der Waals surface area contributed by atoms with Gasteiger partial charge >= 0.3 is 0 Å². The number of aromatic nitrogens is 1. The second-order valence-corrected chi connectivity index (χ2v) is 11.0. The molecule has 1 aliphatic rings. The van der Waals surface area contributed by atoms with Crippen LogP contribution in [0.4, 0.5) is 5.13 Å². The largest absolute Gasteiger partial charge is 0.503 e. The highest BCUT2D eigenvalue weighted by Crippen LogP contribution is 2.45. The standard InChI is InChI=1S/C34H34N2O6S/c1-4-6-10-19-42-27-18-14-23(20-28(27)41-5-2)31-30(26(37)17-13-22-11-8-7-9-12-22)32(38)33(39)36(31)34-35-25-16-15-24(40-3)21-29(25)43-34/h7-9,11-18,20-21,31,38H,4-6,10,19H2,1-3H3. The van der Waals surface area contributed by atoms with Crippen LogP contribution in [-0.4, -0.2) is 42.1 Å². The Hall–Kier alpha value is -4.63. The van der Waals surface area contributed by atoms with Crippen LogP contribution in [0.25, 0.3) is 16.3 Å². The molecule has 1 aliphatic heterocycles. The average Bonchev–Trinajstić information content (AvgIpc) is 3.56. The summed E-state index contributed by atoms with van der Waals surface area (Å²) in [7, 11) is 1.58. The highest BCUT2D eigenvalue weighted by molar-refractivity contribution is 7.22. The lowest BCUT2D eigenvalue weighted by atomic mass is 9.95. The molecule has 0 saturated heterocycles. The number of methoxy groups -OCH3 is 1. The molecule has 2 heterocycles. The van der Waals surface area contributed by atoms with E-state index in [9.17, 15) is 14.7 Å². The van der Waals surface area contributed by atoms with Crippen molar-refractivity contribution in [2.75, 3.05) is 25.2 Å². The predicted molar refractivity (Wildman–Crippen MR) is 169 cm³/mol. The highest BCUT2D eigenvalue weighted by atomic mass is 32.1. The van der Waals surface area contributed by atoms with Gasteiger partial charge in [-0.15, -0.1) is 0 Å². The molecule has 3 aromatic carbocycles. The molecular formula is C34H34N2O6S. The molecule has 0 aliphatic carbocycles. The van der Waals surface area contributed by atoms with E-state index in [0.717, 1.165) is 29.5 Å². The number of unbranched alkanes of at least 4 members (excludes halogenated alkanes) is 2. The van der Waals surface area contributed by atoms with Gasteiger partial charge in [-0.25, -0.2) is 4.98 Å². The summed E-state index contributed by atoms with van der Waals surface area (Å²) in [6.07, 6.45) is 6.09. The van der Waals surface area contributed by atoms with Gasteiger partial charge in [0, 0.05) is 0 Å². The highest BCUT2D eigenvalue weighted by Gasteiger charge is 2.45. The number of amides is 1. The minimum absolute atomic E-state index is 0.0342. The summed E-state index contributed by atoms with van der Waals surface area (Å²) in [5.41, 5.74) is 2.03. The molecule has 1 unspecified atom stereocenters. The topological polar surface area (TPSA) is 98.2 Å². The first-order valence-corrected chi connectivity index (χ1v) is 15.1. The third kappa shape index (κ3) is 6.41. The molecule has 9 heteroatoms. The molecule has 43 heavy (non-hydrogen) atoms. The van der Waals surface area contributed by atoms with E-state index in [4.69, 9.17) is 19.2 Å². The Labute approximate surface area is 254 Å². The Morgan fingerprint density at radius 1 is 1.02 bits per heavy atom. The van der Waals surface area contributed by atoms with E-state index in [1.54, 1.807) is 37.5 Å². The van der Waals surface area contributed by atoms with Crippen LogP contribution in [0.15, 0.2) is 84.1 Å². The summed E-state index contributed by atoms with van der Waals surface area (Å²) in [4.78, 5) is 33.5. The molecular weight excluding hydrogens is 564 g/mol. The van der Waals surface area contributed by atoms with Gasteiger partial charge < -0.3 is 19.3 Å². The molecule has 0 radical (unpaired) electrons. The van der Waals surface area contributed by atoms with Crippen molar-refractivity contribution in [1.82, 2.24) is 4.98 Å². The predicted octanol–water partition coefficient (Wildman–Crippen LogP) is 7.46. The minimum Gasteiger partial charge on any atom is -0.503 e.